The first-order valence-corrected chi connectivity index (χ1v) is 29.9. The zero-order valence-electron chi connectivity index (χ0n) is 36.3. The lowest BCUT2D eigenvalue weighted by Gasteiger charge is -2.34. The Hall–Kier alpha value is -0.0600. The summed E-state index contributed by atoms with van der Waals surface area (Å²) in [5.41, 5.74) is -8.57. The lowest BCUT2D eigenvalue weighted by atomic mass is 10.0. The average molecular weight is 903 g/mol. The van der Waals surface area contributed by atoms with Crippen molar-refractivity contribution in [3.05, 3.63) is 24.7 Å². The number of unbranched alkanes of at least 4 members (excludes halogenated alkanes) is 16. The van der Waals surface area contributed by atoms with Gasteiger partial charge in [-0.3, -0.25) is 9.59 Å². The molecule has 0 saturated carbocycles. The number of ether oxygens (including phenoxy) is 2. The van der Waals surface area contributed by atoms with E-state index in [1.54, 1.807) is 12.5 Å². The molecule has 0 saturated heterocycles. The first-order chi connectivity index (χ1) is 26.4. The van der Waals surface area contributed by atoms with E-state index >= 15 is 0 Å². The summed E-state index contributed by atoms with van der Waals surface area (Å²) in [5.74, 6) is -1.62. The number of allylic oxidation sites excluding steroid dienone is 2. The normalized spacial score (nSPS) is 15.7. The van der Waals surface area contributed by atoms with Crippen LogP contribution in [0.25, 0.3) is 0 Å². The molecule has 0 spiro atoms. The zero-order chi connectivity index (χ0) is 42.4. The maximum absolute atomic E-state index is 12.8. The van der Waals surface area contributed by atoms with Crippen LogP contribution in [0.4, 0.5) is 0 Å². The maximum Gasteiger partial charge on any atom is 0.311 e. The SMILES string of the molecule is CCCCCCCCCCC=COC(C)(C)C(CCC)SP(O)(=S)OC(=O)CCC(=O)OP(O)(=S)SC(CCC)C(C)(C)OC=CCCCCCCCCCC. The molecule has 0 heterocycles. The van der Waals surface area contributed by atoms with Crippen LogP contribution in [0.5, 0.6) is 0 Å². The van der Waals surface area contributed by atoms with E-state index in [0.29, 0.717) is 12.8 Å². The predicted octanol–water partition coefficient (Wildman–Crippen LogP) is 14.8. The van der Waals surface area contributed by atoms with Gasteiger partial charge in [0.25, 0.3) is 11.4 Å². The Labute approximate surface area is 361 Å². The molecule has 0 amide bonds. The summed E-state index contributed by atoms with van der Waals surface area (Å²) in [6.45, 7) is 16.3. The van der Waals surface area contributed by atoms with Gasteiger partial charge in [0.15, 0.2) is 0 Å². The zero-order valence-corrected chi connectivity index (χ0v) is 41.4. The highest BCUT2D eigenvalue weighted by Crippen LogP contribution is 2.62. The van der Waals surface area contributed by atoms with E-state index in [9.17, 15) is 19.4 Å². The summed E-state index contributed by atoms with van der Waals surface area (Å²) in [7, 11) is 0. The Balaban J connectivity index is 4.87. The number of rotatable bonds is 37. The number of carbonyl (C=O) groups excluding carboxylic acids is 2. The van der Waals surface area contributed by atoms with Crippen molar-refractivity contribution in [3.8, 4) is 0 Å². The van der Waals surface area contributed by atoms with Crippen molar-refractivity contribution >= 4 is 69.7 Å². The molecule has 8 nitrogen and oxygen atoms in total. The molecule has 0 aromatic heterocycles. The van der Waals surface area contributed by atoms with Crippen LogP contribution in [-0.2, 0) is 51.7 Å². The summed E-state index contributed by atoms with van der Waals surface area (Å²) in [6, 6.07) is 0. The molecule has 4 atom stereocenters. The van der Waals surface area contributed by atoms with E-state index < -0.39 is 34.5 Å². The molecular weight excluding hydrogens is 823 g/mol. The molecular formula is C42H80O8P2S4. The number of hydrogen-bond acceptors (Lipinski definition) is 10. The predicted molar refractivity (Wildman–Crippen MR) is 250 cm³/mol. The van der Waals surface area contributed by atoms with Crippen LogP contribution in [0, 0.1) is 0 Å². The summed E-state index contributed by atoms with van der Waals surface area (Å²) in [6.07, 6.45) is 32.1. The lowest BCUT2D eigenvalue weighted by Crippen LogP contribution is -2.35. The number of carbonyl (C=O) groups is 2. The summed E-state index contributed by atoms with van der Waals surface area (Å²) >= 11 is 12.9. The summed E-state index contributed by atoms with van der Waals surface area (Å²) < 4.78 is 22.9. The average Bonchev–Trinajstić information content (AvgIpc) is 3.11. The molecule has 330 valence electrons. The van der Waals surface area contributed by atoms with Gasteiger partial charge >= 0.3 is 11.9 Å². The van der Waals surface area contributed by atoms with Crippen LogP contribution in [0.15, 0.2) is 24.7 Å². The van der Waals surface area contributed by atoms with Crippen LogP contribution in [0.1, 0.15) is 209 Å². The molecule has 0 bridgehead atoms. The van der Waals surface area contributed by atoms with Crippen LogP contribution in [0.2, 0.25) is 0 Å². The van der Waals surface area contributed by atoms with Crippen molar-refractivity contribution in [1.29, 1.82) is 0 Å². The molecule has 4 unspecified atom stereocenters. The third kappa shape index (κ3) is 30.0. The van der Waals surface area contributed by atoms with Crippen LogP contribution < -0.4 is 0 Å². The van der Waals surface area contributed by atoms with Gasteiger partial charge in [-0.05, 0) is 102 Å². The fraction of sp³-hybridized carbons (Fsp3) is 0.857. The minimum atomic E-state index is -3.61. The third-order valence-corrected chi connectivity index (χ3v) is 18.6. The first kappa shape index (κ1) is 55.9. The molecule has 0 aliphatic rings. The molecule has 0 aromatic rings. The smallest absolute Gasteiger partial charge is 0.311 e. The Morgan fingerprint density at radius 3 is 1.16 bits per heavy atom. The van der Waals surface area contributed by atoms with Crippen LogP contribution in [-0.4, -0.2) is 43.4 Å². The highest BCUT2D eigenvalue weighted by atomic mass is 32.9. The molecule has 0 aromatic carbocycles. The summed E-state index contributed by atoms with van der Waals surface area (Å²) in [4.78, 5) is 47.6. The second-order valence-electron chi connectivity index (χ2n) is 15.8. The topological polar surface area (TPSA) is 112 Å². The Bertz CT molecular complexity index is 1110. The second kappa shape index (κ2) is 32.7. The number of hydrogen-bond donors (Lipinski definition) is 2. The maximum atomic E-state index is 12.8. The van der Waals surface area contributed by atoms with Gasteiger partial charge in [-0.25, -0.2) is 0 Å². The summed E-state index contributed by atoms with van der Waals surface area (Å²) in [5, 5.41) is -0.471. The monoisotopic (exact) mass is 902 g/mol. The quantitative estimate of drug-likeness (QED) is 0.0352. The molecule has 0 rings (SSSR count). The van der Waals surface area contributed by atoms with Crippen LogP contribution >= 0.6 is 34.2 Å². The Kier molecular flexibility index (Phi) is 32.6. The van der Waals surface area contributed by atoms with Crippen molar-refractivity contribution in [3.63, 3.8) is 0 Å². The van der Waals surface area contributed by atoms with E-state index in [0.717, 1.165) is 61.3 Å². The fourth-order valence-electron chi connectivity index (χ4n) is 6.02. The van der Waals surface area contributed by atoms with Gasteiger partial charge in [-0.15, -0.1) is 0 Å². The largest absolute Gasteiger partial charge is 0.495 e. The van der Waals surface area contributed by atoms with Gasteiger partial charge in [0.1, 0.15) is 11.2 Å². The highest BCUT2D eigenvalue weighted by molar-refractivity contribution is 8.68. The van der Waals surface area contributed by atoms with E-state index in [1.807, 2.05) is 53.7 Å². The van der Waals surface area contributed by atoms with Crippen molar-refractivity contribution < 1.29 is 37.9 Å². The van der Waals surface area contributed by atoms with Gasteiger partial charge in [0.2, 0.25) is 0 Å². The molecule has 14 heteroatoms. The van der Waals surface area contributed by atoms with E-state index in [4.69, 9.17) is 42.1 Å². The van der Waals surface area contributed by atoms with Crippen molar-refractivity contribution in [2.45, 2.75) is 231 Å². The Morgan fingerprint density at radius 1 is 0.554 bits per heavy atom. The standard InChI is InChI=1S/C42H80O8P2S4/c1-9-13-15-17-19-21-23-25-27-29-35-47-41(5,6)37(31-11-3)55-51(45,53)49-39(43)33-34-40(44)50-52(46,54)56-38(32-12-4)42(7,8)48-36-30-28-26-24-22-20-18-16-14-10-2/h29-30,35-38H,9-28,31-34H2,1-8H3,(H,45,53)(H,46,54). The van der Waals surface area contributed by atoms with Gasteiger partial charge in [0, 0.05) is 0 Å². The van der Waals surface area contributed by atoms with Crippen LogP contribution in [0.3, 0.4) is 0 Å². The highest BCUT2D eigenvalue weighted by Gasteiger charge is 2.38. The molecule has 56 heavy (non-hydrogen) atoms. The molecule has 0 aliphatic heterocycles. The lowest BCUT2D eigenvalue weighted by molar-refractivity contribution is -0.140. The molecule has 2 N–H and O–H groups in total. The van der Waals surface area contributed by atoms with Crippen molar-refractivity contribution in [1.82, 2.24) is 0 Å². The fourth-order valence-corrected chi connectivity index (χ4v) is 16.0. The Morgan fingerprint density at radius 2 is 0.857 bits per heavy atom. The van der Waals surface area contributed by atoms with Crippen molar-refractivity contribution in [2.75, 3.05) is 0 Å². The minimum Gasteiger partial charge on any atom is -0.495 e. The van der Waals surface area contributed by atoms with E-state index in [2.05, 4.69) is 13.8 Å². The third-order valence-electron chi connectivity index (χ3n) is 9.53. The van der Waals surface area contributed by atoms with Gasteiger partial charge in [-0.2, -0.15) is 0 Å². The van der Waals surface area contributed by atoms with E-state index in [1.165, 1.54) is 89.9 Å². The van der Waals surface area contributed by atoms with E-state index in [-0.39, 0.29) is 23.3 Å². The molecule has 0 fully saturated rings. The van der Waals surface area contributed by atoms with Gasteiger partial charge in [-0.1, -0.05) is 153 Å². The van der Waals surface area contributed by atoms with Gasteiger partial charge < -0.3 is 28.3 Å². The van der Waals surface area contributed by atoms with Crippen molar-refractivity contribution in [2.24, 2.45) is 0 Å². The second-order valence-corrected chi connectivity index (χ2v) is 28.2. The first-order valence-electron chi connectivity index (χ1n) is 21.6. The molecule has 0 aliphatic carbocycles. The minimum absolute atomic E-state index is 0.236. The molecule has 0 radical (unpaired) electrons. The van der Waals surface area contributed by atoms with Gasteiger partial charge in [0.05, 0.1) is 35.9 Å².